The Morgan fingerprint density at radius 2 is 1.73 bits per heavy atom. The molecule has 30 heavy (non-hydrogen) atoms. The molecule has 0 radical (unpaired) electrons. The summed E-state index contributed by atoms with van der Waals surface area (Å²) in [6, 6.07) is 16.8. The van der Waals surface area contributed by atoms with E-state index in [0.29, 0.717) is 17.1 Å². The summed E-state index contributed by atoms with van der Waals surface area (Å²) in [6.07, 6.45) is 2.42. The number of anilines is 3. The first-order chi connectivity index (χ1) is 14.6. The van der Waals surface area contributed by atoms with Crippen LogP contribution in [0.15, 0.2) is 54.6 Å². The van der Waals surface area contributed by atoms with E-state index in [2.05, 4.69) is 25.7 Å². The number of hydrogen-bond acceptors (Lipinski definition) is 5. The van der Waals surface area contributed by atoms with Crippen molar-refractivity contribution in [3.05, 3.63) is 60.2 Å². The molecule has 1 saturated heterocycles. The number of hydrogen-bond donors (Lipinski definition) is 2. The Balaban J connectivity index is 1.40. The number of carbonyl (C=O) groups excluding carboxylic acids is 1. The van der Waals surface area contributed by atoms with Gasteiger partial charge in [0.1, 0.15) is 5.75 Å². The van der Waals surface area contributed by atoms with E-state index >= 15 is 0 Å². The molecule has 2 amide bonds. The van der Waals surface area contributed by atoms with Gasteiger partial charge < -0.3 is 20.3 Å². The molecule has 0 aliphatic carbocycles. The summed E-state index contributed by atoms with van der Waals surface area (Å²) in [5.74, 6) is 1.54. The molecule has 1 fully saturated rings. The van der Waals surface area contributed by atoms with Gasteiger partial charge in [-0.05, 0) is 61.7 Å². The van der Waals surface area contributed by atoms with Gasteiger partial charge in [-0.1, -0.05) is 18.2 Å². The Morgan fingerprint density at radius 3 is 2.40 bits per heavy atom. The van der Waals surface area contributed by atoms with Crippen LogP contribution in [0.4, 0.5) is 22.0 Å². The SMILES string of the molecule is COc1ccc(C)cc1NC(=O)Nc1ccc(-c2ccc(N3CCCC3)nn2)cc1. The molecule has 2 heterocycles. The molecule has 2 aromatic carbocycles. The molecule has 0 saturated carbocycles. The molecule has 3 aromatic rings. The van der Waals surface area contributed by atoms with Crippen LogP contribution in [0.2, 0.25) is 0 Å². The molecule has 2 N–H and O–H groups in total. The third kappa shape index (κ3) is 4.51. The maximum Gasteiger partial charge on any atom is 0.323 e. The second kappa shape index (κ2) is 8.82. The van der Waals surface area contributed by atoms with Gasteiger partial charge in [-0.15, -0.1) is 10.2 Å². The van der Waals surface area contributed by atoms with Gasteiger partial charge in [0.25, 0.3) is 0 Å². The van der Waals surface area contributed by atoms with Crippen LogP contribution < -0.4 is 20.3 Å². The molecule has 0 atom stereocenters. The first kappa shape index (κ1) is 19.7. The van der Waals surface area contributed by atoms with E-state index in [1.807, 2.05) is 61.5 Å². The minimum absolute atomic E-state index is 0.332. The van der Waals surface area contributed by atoms with E-state index in [0.717, 1.165) is 35.7 Å². The van der Waals surface area contributed by atoms with E-state index in [4.69, 9.17) is 4.74 Å². The van der Waals surface area contributed by atoms with Gasteiger partial charge in [-0.3, -0.25) is 0 Å². The summed E-state index contributed by atoms with van der Waals surface area (Å²) in [4.78, 5) is 14.6. The van der Waals surface area contributed by atoms with Gasteiger partial charge in [0.05, 0.1) is 18.5 Å². The molecule has 1 aromatic heterocycles. The van der Waals surface area contributed by atoms with Crippen molar-refractivity contribution in [2.24, 2.45) is 0 Å². The molecule has 0 bridgehead atoms. The van der Waals surface area contributed by atoms with E-state index in [1.165, 1.54) is 12.8 Å². The lowest BCUT2D eigenvalue weighted by molar-refractivity contribution is 0.262. The highest BCUT2D eigenvalue weighted by Crippen LogP contribution is 2.26. The van der Waals surface area contributed by atoms with E-state index < -0.39 is 0 Å². The maximum absolute atomic E-state index is 12.4. The molecule has 4 rings (SSSR count). The van der Waals surface area contributed by atoms with Gasteiger partial charge >= 0.3 is 6.03 Å². The van der Waals surface area contributed by atoms with Crippen LogP contribution >= 0.6 is 0 Å². The van der Waals surface area contributed by atoms with Crippen molar-refractivity contribution in [2.45, 2.75) is 19.8 Å². The number of amides is 2. The van der Waals surface area contributed by atoms with E-state index in [1.54, 1.807) is 7.11 Å². The Labute approximate surface area is 176 Å². The highest BCUT2D eigenvalue weighted by molar-refractivity contribution is 6.00. The van der Waals surface area contributed by atoms with Crippen molar-refractivity contribution in [2.75, 3.05) is 35.7 Å². The molecule has 7 nitrogen and oxygen atoms in total. The Hall–Kier alpha value is -3.61. The number of methoxy groups -OCH3 is 1. The number of carbonyl (C=O) groups is 1. The fraction of sp³-hybridized carbons (Fsp3) is 0.261. The molecule has 154 valence electrons. The average Bonchev–Trinajstić information content (AvgIpc) is 3.29. The molecular weight excluding hydrogens is 378 g/mol. The predicted molar refractivity (Wildman–Crippen MR) is 119 cm³/mol. The first-order valence-electron chi connectivity index (χ1n) is 10.0. The Bertz CT molecular complexity index is 1010. The number of nitrogens with one attached hydrogen (secondary N) is 2. The summed E-state index contributed by atoms with van der Waals surface area (Å²) in [5, 5.41) is 14.4. The molecule has 0 unspecified atom stereocenters. The summed E-state index contributed by atoms with van der Waals surface area (Å²) in [5.41, 5.74) is 4.09. The maximum atomic E-state index is 12.4. The normalized spacial score (nSPS) is 13.2. The summed E-state index contributed by atoms with van der Waals surface area (Å²) >= 11 is 0. The zero-order valence-corrected chi connectivity index (χ0v) is 17.2. The molecular formula is C23H25N5O2. The lowest BCUT2D eigenvalue weighted by Gasteiger charge is -2.15. The topological polar surface area (TPSA) is 79.4 Å². The molecule has 1 aliphatic heterocycles. The Kier molecular flexibility index (Phi) is 5.79. The number of aryl methyl sites for hydroxylation is 1. The number of urea groups is 1. The van der Waals surface area contributed by atoms with Crippen LogP contribution in [0, 0.1) is 6.92 Å². The van der Waals surface area contributed by atoms with Crippen LogP contribution in [0.5, 0.6) is 5.75 Å². The molecule has 1 aliphatic rings. The number of rotatable bonds is 5. The number of nitrogens with zero attached hydrogens (tertiary/aromatic N) is 3. The van der Waals surface area contributed by atoms with Crippen molar-refractivity contribution < 1.29 is 9.53 Å². The zero-order chi connectivity index (χ0) is 20.9. The zero-order valence-electron chi connectivity index (χ0n) is 17.2. The number of benzene rings is 2. The Morgan fingerprint density at radius 1 is 0.967 bits per heavy atom. The molecule has 0 spiro atoms. The summed E-state index contributed by atoms with van der Waals surface area (Å²) in [6.45, 7) is 4.05. The summed E-state index contributed by atoms with van der Waals surface area (Å²) in [7, 11) is 1.58. The predicted octanol–water partition coefficient (Wildman–Crippen LogP) is 4.70. The quantitative estimate of drug-likeness (QED) is 0.645. The smallest absolute Gasteiger partial charge is 0.323 e. The van der Waals surface area contributed by atoms with Crippen LogP contribution in [-0.4, -0.2) is 36.4 Å². The third-order valence-corrected chi connectivity index (χ3v) is 5.12. The number of aromatic nitrogens is 2. The standard InChI is InChI=1S/C23H25N5O2/c1-16-5-11-21(30-2)20(15-16)25-23(29)24-18-8-6-17(7-9-18)19-10-12-22(27-26-19)28-13-3-4-14-28/h5-12,15H,3-4,13-14H2,1-2H3,(H2,24,25,29). The minimum atomic E-state index is -0.332. The van der Waals surface area contributed by atoms with Gasteiger partial charge in [0.15, 0.2) is 5.82 Å². The van der Waals surface area contributed by atoms with Crippen molar-refractivity contribution >= 4 is 23.2 Å². The lowest BCUT2D eigenvalue weighted by Crippen LogP contribution is -2.19. The third-order valence-electron chi connectivity index (χ3n) is 5.12. The van der Waals surface area contributed by atoms with Crippen LogP contribution in [0.1, 0.15) is 18.4 Å². The minimum Gasteiger partial charge on any atom is -0.495 e. The van der Waals surface area contributed by atoms with Crippen molar-refractivity contribution in [1.29, 1.82) is 0 Å². The van der Waals surface area contributed by atoms with Gasteiger partial charge in [-0.25, -0.2) is 4.79 Å². The van der Waals surface area contributed by atoms with Crippen molar-refractivity contribution in [3.8, 4) is 17.0 Å². The monoisotopic (exact) mass is 403 g/mol. The van der Waals surface area contributed by atoms with Gasteiger partial charge in [0.2, 0.25) is 0 Å². The highest BCUT2D eigenvalue weighted by Gasteiger charge is 2.14. The highest BCUT2D eigenvalue weighted by atomic mass is 16.5. The first-order valence-corrected chi connectivity index (χ1v) is 10.0. The van der Waals surface area contributed by atoms with Crippen molar-refractivity contribution in [3.63, 3.8) is 0 Å². The number of ether oxygens (including phenoxy) is 1. The second-order valence-electron chi connectivity index (χ2n) is 7.33. The largest absolute Gasteiger partial charge is 0.495 e. The van der Waals surface area contributed by atoms with E-state index in [9.17, 15) is 4.79 Å². The van der Waals surface area contributed by atoms with Crippen LogP contribution in [-0.2, 0) is 0 Å². The second-order valence-corrected chi connectivity index (χ2v) is 7.33. The van der Waals surface area contributed by atoms with Gasteiger partial charge in [-0.2, -0.15) is 0 Å². The van der Waals surface area contributed by atoms with Crippen LogP contribution in [0.3, 0.4) is 0 Å². The fourth-order valence-electron chi connectivity index (χ4n) is 3.52. The van der Waals surface area contributed by atoms with E-state index in [-0.39, 0.29) is 6.03 Å². The lowest BCUT2D eigenvalue weighted by atomic mass is 10.1. The van der Waals surface area contributed by atoms with Gasteiger partial charge in [0, 0.05) is 24.3 Å². The fourth-order valence-corrected chi connectivity index (χ4v) is 3.52. The molecule has 7 heteroatoms. The van der Waals surface area contributed by atoms with Crippen molar-refractivity contribution in [1.82, 2.24) is 10.2 Å². The average molecular weight is 403 g/mol. The summed E-state index contributed by atoms with van der Waals surface area (Å²) < 4.78 is 5.30. The van der Waals surface area contributed by atoms with Crippen LogP contribution in [0.25, 0.3) is 11.3 Å².